The van der Waals surface area contributed by atoms with Crippen molar-refractivity contribution in [2.24, 2.45) is 5.73 Å². The number of carbonyl (C=O) groups is 2. The summed E-state index contributed by atoms with van der Waals surface area (Å²) in [6.07, 6.45) is -2.24. The van der Waals surface area contributed by atoms with E-state index in [0.29, 0.717) is 0 Å². The summed E-state index contributed by atoms with van der Waals surface area (Å²) in [5, 5.41) is 0. The predicted molar refractivity (Wildman–Crippen MR) is 68.6 cm³/mol. The highest BCUT2D eigenvalue weighted by molar-refractivity contribution is 7.79. The average Bonchev–Trinajstić information content (AvgIpc) is 2.24. The smallest absolute Gasteiger partial charge is 0.412 e. The van der Waals surface area contributed by atoms with E-state index in [-0.39, 0.29) is 12.3 Å². The molecule has 0 spiro atoms. The minimum atomic E-state index is -2.11. The summed E-state index contributed by atoms with van der Waals surface area (Å²) >= 11 is -2.11. The van der Waals surface area contributed by atoms with Crippen LogP contribution in [0.4, 0.5) is 4.79 Å². The van der Waals surface area contributed by atoms with Gasteiger partial charge in [0.1, 0.15) is 5.60 Å². The van der Waals surface area contributed by atoms with Gasteiger partial charge in [0, 0.05) is 6.54 Å². The van der Waals surface area contributed by atoms with E-state index in [1.165, 1.54) is 0 Å². The van der Waals surface area contributed by atoms with Crippen LogP contribution in [0.2, 0.25) is 0 Å². The van der Waals surface area contributed by atoms with Crippen LogP contribution in [0.5, 0.6) is 0 Å². The number of nitrogens with two attached hydrogens (primary N) is 1. The van der Waals surface area contributed by atoms with Crippen LogP contribution in [-0.4, -0.2) is 56.9 Å². The summed E-state index contributed by atoms with van der Waals surface area (Å²) in [6.45, 7) is 4.75. The van der Waals surface area contributed by atoms with Gasteiger partial charge in [-0.3, -0.25) is 4.90 Å². The monoisotopic (exact) mass is 296 g/mol. The number of amides is 1. The highest BCUT2D eigenvalue weighted by Gasteiger charge is 2.31. The molecule has 0 bridgehead atoms. The molecule has 0 saturated heterocycles. The highest BCUT2D eigenvalue weighted by atomic mass is 32.2. The zero-order valence-corrected chi connectivity index (χ0v) is 12.2. The Bertz CT molecular complexity index is 354. The number of nitrogens with zero attached hydrogens (tertiary/aromatic N) is 1. The maximum atomic E-state index is 11.9. The van der Waals surface area contributed by atoms with Gasteiger partial charge in [-0.05, 0) is 20.8 Å². The molecule has 3 N–H and O–H groups in total. The molecule has 112 valence electrons. The quantitative estimate of drug-likeness (QED) is 0.413. The van der Waals surface area contributed by atoms with Gasteiger partial charge in [0.15, 0.2) is 17.2 Å². The molecule has 2 unspecified atom stereocenters. The van der Waals surface area contributed by atoms with Gasteiger partial charge >= 0.3 is 12.1 Å². The molecule has 9 heteroatoms. The van der Waals surface area contributed by atoms with Gasteiger partial charge in [-0.25, -0.2) is 13.8 Å². The summed E-state index contributed by atoms with van der Waals surface area (Å²) in [4.78, 5) is 24.1. The van der Waals surface area contributed by atoms with E-state index < -0.39 is 34.9 Å². The standard InChI is InChI=1S/C10H20N2O6S/c1-10(2,3)18-9(14)12(5-6-19(15)16)7(11)8(13)17-4/h7H,5-6,11H2,1-4H3,(H,15,16). The fraction of sp³-hybridized carbons (Fsp3) is 0.800. The lowest BCUT2D eigenvalue weighted by atomic mass is 10.2. The Morgan fingerprint density at radius 3 is 2.32 bits per heavy atom. The molecule has 0 heterocycles. The van der Waals surface area contributed by atoms with Crippen LogP contribution in [-0.2, 0) is 25.3 Å². The van der Waals surface area contributed by atoms with Crippen molar-refractivity contribution in [3.63, 3.8) is 0 Å². The Kier molecular flexibility index (Phi) is 6.95. The summed E-state index contributed by atoms with van der Waals surface area (Å²) in [6, 6.07) is 0. The summed E-state index contributed by atoms with van der Waals surface area (Å²) in [5.41, 5.74) is 4.77. The molecule has 2 atom stereocenters. The van der Waals surface area contributed by atoms with Crippen LogP contribution in [0.1, 0.15) is 20.8 Å². The first-order chi connectivity index (χ1) is 8.58. The first-order valence-electron chi connectivity index (χ1n) is 5.49. The van der Waals surface area contributed by atoms with Gasteiger partial charge in [0.25, 0.3) is 0 Å². The summed E-state index contributed by atoms with van der Waals surface area (Å²) in [7, 11) is 1.12. The first-order valence-corrected chi connectivity index (χ1v) is 6.76. The number of hydrogen-bond acceptors (Lipinski definition) is 6. The SMILES string of the molecule is COC(=O)C(N)N(CCS(=O)O)C(=O)OC(C)(C)C. The van der Waals surface area contributed by atoms with Crippen molar-refractivity contribution in [1.82, 2.24) is 4.90 Å². The molecule has 0 rings (SSSR count). The van der Waals surface area contributed by atoms with E-state index in [4.69, 9.17) is 15.0 Å². The van der Waals surface area contributed by atoms with Gasteiger partial charge in [0.05, 0.1) is 12.9 Å². The Labute approximate surface area is 114 Å². The van der Waals surface area contributed by atoms with E-state index in [1.807, 2.05) is 0 Å². The van der Waals surface area contributed by atoms with Crippen molar-refractivity contribution in [2.45, 2.75) is 32.5 Å². The molecule has 0 aromatic rings. The van der Waals surface area contributed by atoms with Crippen molar-refractivity contribution in [3.8, 4) is 0 Å². The van der Waals surface area contributed by atoms with E-state index in [0.717, 1.165) is 12.0 Å². The van der Waals surface area contributed by atoms with Crippen molar-refractivity contribution in [2.75, 3.05) is 19.4 Å². The molecule has 0 radical (unpaired) electrons. The lowest BCUT2D eigenvalue weighted by Gasteiger charge is -2.29. The molecule has 0 aromatic heterocycles. The van der Waals surface area contributed by atoms with Crippen LogP contribution in [0.3, 0.4) is 0 Å². The molecule has 0 fully saturated rings. The summed E-state index contributed by atoms with van der Waals surface area (Å²) in [5.74, 6) is -1.08. The zero-order valence-electron chi connectivity index (χ0n) is 11.4. The van der Waals surface area contributed by atoms with Gasteiger partial charge in [0.2, 0.25) is 0 Å². The molecule has 8 nitrogen and oxygen atoms in total. The van der Waals surface area contributed by atoms with Gasteiger partial charge in [-0.2, -0.15) is 0 Å². The van der Waals surface area contributed by atoms with E-state index in [2.05, 4.69) is 4.74 Å². The van der Waals surface area contributed by atoms with Crippen LogP contribution >= 0.6 is 0 Å². The molecule has 0 aliphatic rings. The maximum Gasteiger partial charge on any atom is 0.412 e. The highest BCUT2D eigenvalue weighted by Crippen LogP contribution is 2.11. The zero-order chi connectivity index (χ0) is 15.2. The van der Waals surface area contributed by atoms with Gasteiger partial charge in [-0.1, -0.05) is 0 Å². The molecular formula is C10H20N2O6S. The Morgan fingerprint density at radius 1 is 1.42 bits per heavy atom. The van der Waals surface area contributed by atoms with Crippen molar-refractivity contribution in [1.29, 1.82) is 0 Å². The maximum absolute atomic E-state index is 11.9. The molecule has 1 amide bonds. The lowest BCUT2D eigenvalue weighted by Crippen LogP contribution is -2.53. The van der Waals surface area contributed by atoms with E-state index in [9.17, 15) is 13.8 Å². The second-order valence-electron chi connectivity index (χ2n) is 4.67. The Morgan fingerprint density at radius 2 is 1.95 bits per heavy atom. The minimum Gasteiger partial charge on any atom is -0.466 e. The minimum absolute atomic E-state index is 0.200. The van der Waals surface area contributed by atoms with E-state index in [1.54, 1.807) is 20.8 Å². The third kappa shape index (κ3) is 7.09. The molecule has 0 aliphatic carbocycles. The molecule has 0 aromatic carbocycles. The van der Waals surface area contributed by atoms with E-state index >= 15 is 0 Å². The average molecular weight is 296 g/mol. The predicted octanol–water partition coefficient (Wildman–Crippen LogP) is -0.0970. The fourth-order valence-electron chi connectivity index (χ4n) is 1.09. The van der Waals surface area contributed by atoms with Gasteiger partial charge in [-0.15, -0.1) is 0 Å². The number of hydrogen-bond donors (Lipinski definition) is 2. The molecule has 19 heavy (non-hydrogen) atoms. The first kappa shape index (κ1) is 17.8. The second kappa shape index (κ2) is 7.41. The topological polar surface area (TPSA) is 119 Å². The Balaban J connectivity index is 4.89. The van der Waals surface area contributed by atoms with Crippen LogP contribution in [0.25, 0.3) is 0 Å². The normalized spacial score (nSPS) is 14.4. The van der Waals surface area contributed by atoms with Crippen molar-refractivity contribution in [3.05, 3.63) is 0 Å². The number of rotatable bonds is 5. The molecule has 0 saturated carbocycles. The van der Waals surface area contributed by atoms with Crippen LogP contribution in [0, 0.1) is 0 Å². The third-order valence-electron chi connectivity index (χ3n) is 1.91. The number of ether oxygens (including phenoxy) is 2. The largest absolute Gasteiger partial charge is 0.466 e. The number of esters is 1. The van der Waals surface area contributed by atoms with Crippen molar-refractivity contribution < 1.29 is 27.8 Å². The lowest BCUT2D eigenvalue weighted by molar-refractivity contribution is -0.146. The van der Waals surface area contributed by atoms with Crippen LogP contribution in [0.15, 0.2) is 0 Å². The van der Waals surface area contributed by atoms with Crippen LogP contribution < -0.4 is 5.73 Å². The summed E-state index contributed by atoms with van der Waals surface area (Å²) < 4.78 is 28.9. The number of methoxy groups -OCH3 is 1. The van der Waals surface area contributed by atoms with Crippen molar-refractivity contribution >= 4 is 23.1 Å². The fourth-order valence-corrected chi connectivity index (χ4v) is 1.44. The number of carbonyl (C=O) groups excluding carboxylic acids is 2. The molecule has 0 aliphatic heterocycles. The van der Waals surface area contributed by atoms with Gasteiger partial charge < -0.3 is 19.8 Å². The molecular weight excluding hydrogens is 276 g/mol. The Hall–Kier alpha value is -1.19. The third-order valence-corrected chi connectivity index (χ3v) is 2.45. The second-order valence-corrected chi connectivity index (χ2v) is 5.72.